The number of nitrogens with one attached hydrogen (secondary N) is 2. The van der Waals surface area contributed by atoms with Gasteiger partial charge in [0.25, 0.3) is 0 Å². The van der Waals surface area contributed by atoms with Crippen LogP contribution in [-0.2, 0) is 16.0 Å². The molecule has 172 valence electrons. The van der Waals surface area contributed by atoms with Crippen molar-refractivity contribution in [2.24, 2.45) is 0 Å². The molecule has 0 radical (unpaired) electrons. The minimum Gasteiger partial charge on any atom is -0.462 e. The number of carbonyl (C=O) groups is 2. The SMILES string of the molecule is CCOC(=O)C1=CN(C(=O)Nc2c(F)c(F)c(F)c(F)c2F)CCc2c1[nH]c1ccccc21. The number of amides is 2. The highest BCUT2D eigenvalue weighted by Gasteiger charge is 2.30. The van der Waals surface area contributed by atoms with E-state index in [2.05, 4.69) is 4.98 Å². The molecule has 0 saturated heterocycles. The van der Waals surface area contributed by atoms with E-state index in [1.165, 1.54) is 0 Å². The zero-order chi connectivity index (χ0) is 23.9. The number of H-pyrrole nitrogens is 1. The van der Waals surface area contributed by atoms with Gasteiger partial charge in [-0.1, -0.05) is 18.2 Å². The van der Waals surface area contributed by atoms with Gasteiger partial charge in [-0.2, -0.15) is 0 Å². The van der Waals surface area contributed by atoms with Gasteiger partial charge >= 0.3 is 12.0 Å². The number of aromatic nitrogens is 1. The maximum atomic E-state index is 14.0. The lowest BCUT2D eigenvalue weighted by Crippen LogP contribution is -2.33. The minimum atomic E-state index is -2.34. The van der Waals surface area contributed by atoms with Crippen molar-refractivity contribution in [1.29, 1.82) is 0 Å². The van der Waals surface area contributed by atoms with E-state index in [1.54, 1.807) is 30.4 Å². The molecule has 2 heterocycles. The third-order valence-corrected chi connectivity index (χ3v) is 5.17. The lowest BCUT2D eigenvalue weighted by atomic mass is 10.0. The van der Waals surface area contributed by atoms with E-state index in [4.69, 9.17) is 4.74 Å². The van der Waals surface area contributed by atoms with Crippen molar-refractivity contribution >= 4 is 34.2 Å². The lowest BCUT2D eigenvalue weighted by molar-refractivity contribution is -0.136. The number of aromatic amines is 1. The Morgan fingerprint density at radius 3 is 2.33 bits per heavy atom. The van der Waals surface area contributed by atoms with E-state index in [9.17, 15) is 31.5 Å². The summed E-state index contributed by atoms with van der Waals surface area (Å²) in [5.74, 6) is -11.8. The van der Waals surface area contributed by atoms with Crippen molar-refractivity contribution in [1.82, 2.24) is 9.88 Å². The van der Waals surface area contributed by atoms with Crippen LogP contribution < -0.4 is 5.32 Å². The minimum absolute atomic E-state index is 0.0342. The Labute approximate surface area is 183 Å². The summed E-state index contributed by atoms with van der Waals surface area (Å²) in [5.41, 5.74) is 0.332. The normalized spacial score (nSPS) is 13.4. The molecule has 2 amide bonds. The number of esters is 1. The summed E-state index contributed by atoms with van der Waals surface area (Å²) in [7, 11) is 0. The number of rotatable bonds is 3. The van der Waals surface area contributed by atoms with Gasteiger partial charge < -0.3 is 15.0 Å². The number of nitrogens with zero attached hydrogens (tertiary/aromatic N) is 1. The van der Waals surface area contributed by atoms with Crippen LogP contribution in [0, 0.1) is 29.1 Å². The number of benzene rings is 2. The van der Waals surface area contributed by atoms with Crippen molar-refractivity contribution in [2.75, 3.05) is 18.5 Å². The van der Waals surface area contributed by atoms with Crippen molar-refractivity contribution in [3.8, 4) is 0 Å². The first kappa shape index (κ1) is 22.3. The van der Waals surface area contributed by atoms with Gasteiger partial charge in [-0.25, -0.2) is 31.5 Å². The molecule has 6 nitrogen and oxygen atoms in total. The fourth-order valence-electron chi connectivity index (χ4n) is 3.62. The molecule has 0 fully saturated rings. The molecular weight excluding hydrogens is 449 g/mol. The molecule has 1 aliphatic rings. The van der Waals surface area contributed by atoms with Gasteiger partial charge in [0.05, 0.1) is 17.9 Å². The first-order chi connectivity index (χ1) is 15.7. The fourth-order valence-corrected chi connectivity index (χ4v) is 3.62. The Bertz CT molecular complexity index is 1290. The predicted molar refractivity (Wildman–Crippen MR) is 109 cm³/mol. The molecular formula is C22H16F5N3O3. The molecule has 33 heavy (non-hydrogen) atoms. The van der Waals surface area contributed by atoms with E-state index in [1.807, 2.05) is 6.07 Å². The van der Waals surface area contributed by atoms with Crippen molar-refractivity contribution in [2.45, 2.75) is 13.3 Å². The van der Waals surface area contributed by atoms with E-state index in [0.717, 1.165) is 22.0 Å². The summed E-state index contributed by atoms with van der Waals surface area (Å²) >= 11 is 0. The molecule has 3 aromatic rings. The summed E-state index contributed by atoms with van der Waals surface area (Å²) in [6, 6.07) is 6.02. The van der Waals surface area contributed by atoms with Crippen molar-refractivity contribution < 1.29 is 36.3 Å². The summed E-state index contributed by atoms with van der Waals surface area (Å²) in [4.78, 5) is 29.4. The fraction of sp³-hybridized carbons (Fsp3) is 0.182. The second kappa shape index (κ2) is 8.57. The van der Waals surface area contributed by atoms with Crippen LogP contribution >= 0.6 is 0 Å². The van der Waals surface area contributed by atoms with Crippen LogP contribution in [0.1, 0.15) is 18.2 Å². The van der Waals surface area contributed by atoms with E-state index < -0.39 is 46.8 Å². The van der Waals surface area contributed by atoms with Crippen LogP contribution in [0.2, 0.25) is 0 Å². The highest BCUT2D eigenvalue weighted by atomic mass is 19.2. The van der Waals surface area contributed by atoms with E-state index in [0.29, 0.717) is 11.3 Å². The predicted octanol–water partition coefficient (Wildman–Crippen LogP) is 4.86. The Morgan fingerprint density at radius 1 is 1.03 bits per heavy atom. The van der Waals surface area contributed by atoms with Gasteiger partial charge in [-0.3, -0.25) is 4.90 Å². The third-order valence-electron chi connectivity index (χ3n) is 5.17. The van der Waals surface area contributed by atoms with Crippen LogP contribution in [0.15, 0.2) is 30.5 Å². The second-order valence-corrected chi connectivity index (χ2v) is 7.11. The Hall–Kier alpha value is -3.89. The number of anilines is 1. The largest absolute Gasteiger partial charge is 0.462 e. The topological polar surface area (TPSA) is 74.4 Å². The molecule has 0 aliphatic carbocycles. The molecule has 0 bridgehead atoms. The van der Waals surface area contributed by atoms with Crippen molar-refractivity contribution in [3.63, 3.8) is 0 Å². The quantitative estimate of drug-likeness (QED) is 0.251. The molecule has 0 unspecified atom stereocenters. The first-order valence-electron chi connectivity index (χ1n) is 9.82. The molecule has 1 aliphatic heterocycles. The van der Waals surface area contributed by atoms with E-state index in [-0.39, 0.29) is 25.1 Å². The summed E-state index contributed by atoms with van der Waals surface area (Å²) in [6.07, 6.45) is 1.34. The Morgan fingerprint density at radius 2 is 1.67 bits per heavy atom. The number of ether oxygens (including phenoxy) is 1. The first-order valence-corrected chi connectivity index (χ1v) is 9.82. The zero-order valence-electron chi connectivity index (χ0n) is 17.1. The molecule has 0 atom stereocenters. The third kappa shape index (κ3) is 3.79. The van der Waals surface area contributed by atoms with Gasteiger partial charge in [0.1, 0.15) is 5.69 Å². The number of hydrogen-bond donors (Lipinski definition) is 2. The van der Waals surface area contributed by atoms with Gasteiger partial charge in [0.15, 0.2) is 23.3 Å². The number of halogens is 5. The van der Waals surface area contributed by atoms with Crippen LogP contribution in [0.5, 0.6) is 0 Å². The average molecular weight is 465 g/mol. The number of fused-ring (bicyclic) bond motifs is 3. The summed E-state index contributed by atoms with van der Waals surface area (Å²) in [5, 5.41) is 2.51. The highest BCUT2D eigenvalue weighted by molar-refractivity contribution is 6.18. The highest BCUT2D eigenvalue weighted by Crippen LogP contribution is 2.32. The van der Waals surface area contributed by atoms with Crippen LogP contribution in [-0.4, -0.2) is 35.0 Å². The molecule has 4 rings (SSSR count). The average Bonchev–Trinajstić information content (AvgIpc) is 3.06. The molecule has 2 N–H and O–H groups in total. The lowest BCUT2D eigenvalue weighted by Gasteiger charge is -2.19. The number of carbonyl (C=O) groups excluding carboxylic acids is 2. The molecule has 2 aromatic carbocycles. The second-order valence-electron chi connectivity index (χ2n) is 7.11. The van der Waals surface area contributed by atoms with Gasteiger partial charge in [-0.15, -0.1) is 0 Å². The van der Waals surface area contributed by atoms with Crippen LogP contribution in [0.4, 0.5) is 32.4 Å². The zero-order valence-corrected chi connectivity index (χ0v) is 17.1. The Kier molecular flexibility index (Phi) is 5.79. The van der Waals surface area contributed by atoms with Gasteiger partial charge in [-0.05, 0) is 25.0 Å². The monoisotopic (exact) mass is 465 g/mol. The van der Waals surface area contributed by atoms with Gasteiger partial charge in [0.2, 0.25) is 5.82 Å². The molecule has 11 heteroatoms. The summed E-state index contributed by atoms with van der Waals surface area (Å²) < 4.78 is 73.4. The maximum Gasteiger partial charge on any atom is 0.341 e. The Balaban J connectivity index is 1.74. The van der Waals surface area contributed by atoms with E-state index >= 15 is 0 Å². The standard InChI is InChI=1S/C22H16F5N3O3/c1-2-33-21(31)12-9-30(8-7-11-10-5-3-4-6-13(10)28-19(11)12)22(32)29-20-17(26)15(24)14(23)16(25)18(20)27/h3-6,9,28H,2,7-8H2,1H3,(H,29,32). The summed E-state index contributed by atoms with van der Waals surface area (Å²) in [6.45, 7) is 1.58. The maximum absolute atomic E-state index is 14.0. The van der Waals surface area contributed by atoms with Crippen molar-refractivity contribution in [3.05, 3.63) is 70.8 Å². The van der Waals surface area contributed by atoms with Crippen LogP contribution in [0.3, 0.4) is 0 Å². The number of hydrogen-bond acceptors (Lipinski definition) is 3. The smallest absolute Gasteiger partial charge is 0.341 e. The molecule has 0 saturated carbocycles. The molecule has 1 aromatic heterocycles. The number of para-hydroxylation sites is 1. The van der Waals surface area contributed by atoms with Crippen LogP contribution in [0.25, 0.3) is 16.5 Å². The number of urea groups is 1. The van der Waals surface area contributed by atoms with Gasteiger partial charge in [0, 0.05) is 23.6 Å². The molecule has 0 spiro atoms.